The number of aromatic nitrogens is 3. The van der Waals surface area contributed by atoms with Gasteiger partial charge in [-0.05, 0) is 43.3 Å². The Kier molecular flexibility index (Phi) is 4.65. The molecular weight excluding hydrogens is 396 g/mol. The molecule has 6 nitrogen and oxygen atoms in total. The number of nitrogens with zero attached hydrogens (tertiary/aromatic N) is 3. The summed E-state index contributed by atoms with van der Waals surface area (Å²) in [5.41, 5.74) is 2.77. The average molecular weight is 414 g/mol. The average Bonchev–Trinajstić information content (AvgIpc) is 3.50. The highest BCUT2D eigenvalue weighted by atomic mass is 32.1. The van der Waals surface area contributed by atoms with Crippen LogP contribution in [0.15, 0.2) is 77.3 Å². The van der Waals surface area contributed by atoms with Crippen LogP contribution in [0.1, 0.15) is 21.1 Å². The lowest BCUT2D eigenvalue weighted by atomic mass is 10.2. The number of nitrogens with one attached hydrogen (secondary N) is 1. The van der Waals surface area contributed by atoms with Crippen molar-refractivity contribution in [2.75, 3.05) is 0 Å². The van der Waals surface area contributed by atoms with E-state index >= 15 is 0 Å². The van der Waals surface area contributed by atoms with Crippen molar-refractivity contribution in [3.63, 3.8) is 0 Å². The second-order valence-electron chi connectivity index (χ2n) is 6.84. The van der Waals surface area contributed by atoms with Gasteiger partial charge in [-0.1, -0.05) is 30.3 Å². The SMILES string of the molecule is Cc1ccc(-c2nn(-c3ccccc3)cc2C(=O)NCc2nc3ccccc3s2)o1. The fourth-order valence-electron chi connectivity index (χ4n) is 3.24. The van der Waals surface area contributed by atoms with Crippen LogP contribution in [-0.4, -0.2) is 20.7 Å². The number of rotatable bonds is 5. The molecular formula is C23H18N4O2S. The summed E-state index contributed by atoms with van der Waals surface area (Å²) < 4.78 is 8.54. The zero-order valence-electron chi connectivity index (χ0n) is 16.2. The van der Waals surface area contributed by atoms with Crippen LogP contribution in [0, 0.1) is 6.92 Å². The van der Waals surface area contributed by atoms with Gasteiger partial charge in [-0.25, -0.2) is 9.67 Å². The third-order valence-corrected chi connectivity index (χ3v) is 5.73. The van der Waals surface area contributed by atoms with Crippen molar-refractivity contribution in [2.24, 2.45) is 0 Å². The third-order valence-electron chi connectivity index (χ3n) is 4.69. The molecule has 5 aromatic rings. The molecule has 0 saturated carbocycles. The number of para-hydroxylation sites is 2. The minimum atomic E-state index is -0.222. The van der Waals surface area contributed by atoms with Crippen LogP contribution in [0.3, 0.4) is 0 Å². The Morgan fingerprint density at radius 3 is 2.63 bits per heavy atom. The topological polar surface area (TPSA) is 73.0 Å². The molecule has 0 bridgehead atoms. The van der Waals surface area contributed by atoms with Crippen molar-refractivity contribution in [3.8, 4) is 17.1 Å². The maximum Gasteiger partial charge on any atom is 0.255 e. The molecule has 0 atom stereocenters. The number of aryl methyl sites for hydroxylation is 1. The summed E-state index contributed by atoms with van der Waals surface area (Å²) in [6.45, 7) is 2.22. The maximum atomic E-state index is 13.0. The predicted octanol–water partition coefficient (Wildman–Crippen LogP) is 4.98. The Bertz CT molecular complexity index is 1300. The van der Waals surface area contributed by atoms with Gasteiger partial charge >= 0.3 is 0 Å². The van der Waals surface area contributed by atoms with Crippen molar-refractivity contribution in [1.29, 1.82) is 0 Å². The molecule has 7 heteroatoms. The largest absolute Gasteiger partial charge is 0.460 e. The smallest absolute Gasteiger partial charge is 0.255 e. The van der Waals surface area contributed by atoms with Crippen LogP contribution >= 0.6 is 11.3 Å². The highest BCUT2D eigenvalue weighted by Gasteiger charge is 2.21. The van der Waals surface area contributed by atoms with E-state index in [2.05, 4.69) is 15.4 Å². The van der Waals surface area contributed by atoms with Crippen molar-refractivity contribution in [2.45, 2.75) is 13.5 Å². The zero-order valence-corrected chi connectivity index (χ0v) is 17.0. The molecule has 2 aromatic carbocycles. The first-order valence-corrected chi connectivity index (χ1v) is 10.3. The molecule has 5 rings (SSSR count). The van der Waals surface area contributed by atoms with Crippen LogP contribution in [-0.2, 0) is 6.54 Å². The number of benzene rings is 2. The van der Waals surface area contributed by atoms with E-state index in [0.717, 1.165) is 26.7 Å². The van der Waals surface area contributed by atoms with Gasteiger partial charge in [0.15, 0.2) is 5.76 Å². The van der Waals surface area contributed by atoms with Gasteiger partial charge in [0.05, 0.1) is 28.0 Å². The predicted molar refractivity (Wildman–Crippen MR) is 117 cm³/mol. The van der Waals surface area contributed by atoms with Gasteiger partial charge in [-0.3, -0.25) is 4.79 Å². The Labute approximate surface area is 176 Å². The molecule has 0 spiro atoms. The molecule has 0 saturated heterocycles. The van der Waals surface area contributed by atoms with Crippen LogP contribution < -0.4 is 5.32 Å². The normalized spacial score (nSPS) is 11.1. The van der Waals surface area contributed by atoms with Crippen molar-refractivity contribution in [3.05, 3.63) is 89.3 Å². The lowest BCUT2D eigenvalue weighted by molar-refractivity contribution is 0.0951. The van der Waals surface area contributed by atoms with E-state index in [1.54, 1.807) is 22.2 Å². The van der Waals surface area contributed by atoms with E-state index in [-0.39, 0.29) is 5.91 Å². The second kappa shape index (κ2) is 7.61. The summed E-state index contributed by atoms with van der Waals surface area (Å²) in [5.74, 6) is 1.10. The third kappa shape index (κ3) is 3.51. The van der Waals surface area contributed by atoms with Crippen molar-refractivity contribution >= 4 is 27.5 Å². The van der Waals surface area contributed by atoms with Gasteiger partial charge in [0.1, 0.15) is 16.5 Å². The molecule has 1 amide bonds. The van der Waals surface area contributed by atoms with Crippen molar-refractivity contribution < 1.29 is 9.21 Å². The monoisotopic (exact) mass is 414 g/mol. The molecule has 148 valence electrons. The van der Waals surface area contributed by atoms with E-state index in [1.807, 2.05) is 73.7 Å². The first-order chi connectivity index (χ1) is 14.7. The van der Waals surface area contributed by atoms with Gasteiger partial charge in [-0.15, -0.1) is 11.3 Å². The van der Waals surface area contributed by atoms with Gasteiger partial charge in [0.25, 0.3) is 5.91 Å². The standard InChI is InChI=1S/C23H18N4O2S/c1-15-11-12-19(29-15)22-17(14-27(26-22)16-7-3-2-4-8-16)23(28)24-13-21-25-18-9-5-6-10-20(18)30-21/h2-12,14H,13H2,1H3,(H,24,28). The number of thiazole rings is 1. The molecule has 0 unspecified atom stereocenters. The molecule has 0 radical (unpaired) electrons. The Morgan fingerprint density at radius 1 is 1.07 bits per heavy atom. The van der Waals surface area contributed by atoms with Gasteiger partial charge < -0.3 is 9.73 Å². The summed E-state index contributed by atoms with van der Waals surface area (Å²) in [5, 5.41) is 8.45. The van der Waals surface area contributed by atoms with Crippen LogP contribution in [0.2, 0.25) is 0 Å². The molecule has 3 heterocycles. The molecule has 0 aliphatic carbocycles. The zero-order chi connectivity index (χ0) is 20.5. The summed E-state index contributed by atoms with van der Waals surface area (Å²) in [4.78, 5) is 17.6. The lowest BCUT2D eigenvalue weighted by Crippen LogP contribution is -2.22. The number of hydrogen-bond acceptors (Lipinski definition) is 5. The number of amides is 1. The number of furan rings is 1. The maximum absolute atomic E-state index is 13.0. The summed E-state index contributed by atoms with van der Waals surface area (Å²) in [6.07, 6.45) is 1.73. The van der Waals surface area contributed by atoms with Crippen molar-refractivity contribution in [1.82, 2.24) is 20.1 Å². The highest BCUT2D eigenvalue weighted by Crippen LogP contribution is 2.26. The number of carbonyl (C=O) groups excluding carboxylic acids is 1. The quantitative estimate of drug-likeness (QED) is 0.440. The first-order valence-electron chi connectivity index (χ1n) is 9.52. The fraction of sp³-hybridized carbons (Fsp3) is 0.0870. The summed E-state index contributed by atoms with van der Waals surface area (Å²) in [6, 6.07) is 21.3. The molecule has 0 aliphatic rings. The fourth-order valence-corrected chi connectivity index (χ4v) is 4.15. The highest BCUT2D eigenvalue weighted by molar-refractivity contribution is 7.18. The van der Waals surface area contributed by atoms with E-state index in [9.17, 15) is 4.79 Å². The van der Waals surface area contributed by atoms with Crippen LogP contribution in [0.4, 0.5) is 0 Å². The molecule has 30 heavy (non-hydrogen) atoms. The van der Waals surface area contributed by atoms with Gasteiger partial charge in [-0.2, -0.15) is 5.10 Å². The van der Waals surface area contributed by atoms with Crippen LogP contribution in [0.25, 0.3) is 27.4 Å². The van der Waals surface area contributed by atoms with E-state index < -0.39 is 0 Å². The summed E-state index contributed by atoms with van der Waals surface area (Å²) >= 11 is 1.58. The van der Waals surface area contributed by atoms with E-state index in [0.29, 0.717) is 23.6 Å². The Balaban J connectivity index is 1.45. The lowest BCUT2D eigenvalue weighted by Gasteiger charge is -2.02. The molecule has 3 aromatic heterocycles. The second-order valence-corrected chi connectivity index (χ2v) is 7.96. The van der Waals surface area contributed by atoms with Gasteiger partial charge in [0, 0.05) is 6.20 Å². The number of carbonyl (C=O) groups is 1. The minimum absolute atomic E-state index is 0.222. The Hall–Kier alpha value is -3.71. The van der Waals surface area contributed by atoms with Crippen LogP contribution in [0.5, 0.6) is 0 Å². The molecule has 1 N–H and O–H groups in total. The Morgan fingerprint density at radius 2 is 1.87 bits per heavy atom. The van der Waals surface area contributed by atoms with Gasteiger partial charge in [0.2, 0.25) is 0 Å². The van der Waals surface area contributed by atoms with E-state index in [1.165, 1.54) is 0 Å². The number of hydrogen-bond donors (Lipinski definition) is 1. The number of fused-ring (bicyclic) bond motifs is 1. The first kappa shape index (κ1) is 18.3. The summed E-state index contributed by atoms with van der Waals surface area (Å²) in [7, 11) is 0. The molecule has 0 aliphatic heterocycles. The van der Waals surface area contributed by atoms with E-state index in [4.69, 9.17) is 4.42 Å². The molecule has 0 fully saturated rings. The minimum Gasteiger partial charge on any atom is -0.460 e.